The third-order valence-electron chi connectivity index (χ3n) is 3.49. The fourth-order valence-electron chi connectivity index (χ4n) is 2.43. The highest BCUT2D eigenvalue weighted by atomic mass is 16.5. The first-order chi connectivity index (χ1) is 10.8. The van der Waals surface area contributed by atoms with E-state index in [0.29, 0.717) is 32.8 Å². The molecule has 0 spiro atoms. The Balaban J connectivity index is 1.42. The van der Waals surface area contributed by atoms with Crippen molar-refractivity contribution in [2.75, 3.05) is 26.2 Å². The molecule has 22 heavy (non-hydrogen) atoms. The van der Waals surface area contributed by atoms with E-state index in [1.54, 1.807) is 23.3 Å². The Labute approximate surface area is 128 Å². The van der Waals surface area contributed by atoms with Crippen LogP contribution >= 0.6 is 0 Å². The van der Waals surface area contributed by atoms with Crippen molar-refractivity contribution in [3.05, 3.63) is 36.8 Å². The number of nitrogens with one attached hydrogen (secondary N) is 1. The van der Waals surface area contributed by atoms with Gasteiger partial charge in [-0.3, -0.25) is 14.4 Å². The summed E-state index contributed by atoms with van der Waals surface area (Å²) in [4.78, 5) is 18.0. The van der Waals surface area contributed by atoms with Gasteiger partial charge in [-0.2, -0.15) is 5.10 Å². The highest BCUT2D eigenvalue weighted by molar-refractivity contribution is 5.77. The van der Waals surface area contributed by atoms with Gasteiger partial charge in [0.2, 0.25) is 5.91 Å². The minimum atomic E-state index is -0.0159. The summed E-state index contributed by atoms with van der Waals surface area (Å²) < 4.78 is 12.6. The third kappa shape index (κ3) is 4.15. The predicted octanol–water partition coefficient (Wildman–Crippen LogP) is -0.112. The van der Waals surface area contributed by atoms with Gasteiger partial charge in [-0.15, -0.1) is 0 Å². The lowest BCUT2D eigenvalue weighted by Crippen LogP contribution is -2.48. The number of morpholine rings is 1. The maximum Gasteiger partial charge on any atom is 0.234 e. The molecule has 1 amide bonds. The van der Waals surface area contributed by atoms with E-state index in [-0.39, 0.29) is 12.0 Å². The molecule has 2 aromatic heterocycles. The summed E-state index contributed by atoms with van der Waals surface area (Å²) in [5, 5.41) is 6.92. The fourth-order valence-corrected chi connectivity index (χ4v) is 2.43. The molecule has 8 heteroatoms. The number of hydrogen-bond donors (Lipinski definition) is 1. The highest BCUT2D eigenvalue weighted by Gasteiger charge is 2.22. The predicted molar refractivity (Wildman–Crippen MR) is 76.8 cm³/mol. The van der Waals surface area contributed by atoms with Crippen molar-refractivity contribution in [2.45, 2.75) is 19.2 Å². The molecule has 0 bridgehead atoms. The summed E-state index contributed by atoms with van der Waals surface area (Å²) in [6.45, 7) is 3.49. The van der Waals surface area contributed by atoms with E-state index in [2.05, 4.69) is 20.3 Å². The number of carbonyl (C=O) groups is 1. The maximum absolute atomic E-state index is 12.0. The van der Waals surface area contributed by atoms with Crippen molar-refractivity contribution in [1.29, 1.82) is 0 Å². The zero-order valence-electron chi connectivity index (χ0n) is 12.2. The minimum Gasteiger partial charge on any atom is -0.467 e. The van der Waals surface area contributed by atoms with Crippen molar-refractivity contribution in [2.24, 2.45) is 0 Å². The largest absolute Gasteiger partial charge is 0.467 e. The molecule has 118 valence electrons. The van der Waals surface area contributed by atoms with Crippen molar-refractivity contribution >= 4 is 5.91 Å². The average molecular weight is 305 g/mol. The second kappa shape index (κ2) is 7.19. The van der Waals surface area contributed by atoms with Crippen LogP contribution in [0.1, 0.15) is 5.76 Å². The summed E-state index contributed by atoms with van der Waals surface area (Å²) in [6.07, 6.45) is 4.78. The number of nitrogens with zero attached hydrogens (tertiary/aromatic N) is 4. The molecular weight excluding hydrogens is 286 g/mol. The molecule has 0 saturated carbocycles. The highest BCUT2D eigenvalue weighted by Crippen LogP contribution is 2.07. The molecular formula is C14H19N5O3. The lowest BCUT2D eigenvalue weighted by Gasteiger charge is -2.32. The number of rotatable bonds is 6. The van der Waals surface area contributed by atoms with Gasteiger partial charge in [0.1, 0.15) is 18.4 Å². The van der Waals surface area contributed by atoms with Gasteiger partial charge in [0.05, 0.1) is 38.6 Å². The minimum absolute atomic E-state index is 0.0159. The molecule has 1 N–H and O–H groups in total. The molecule has 1 atom stereocenters. The van der Waals surface area contributed by atoms with Crippen molar-refractivity contribution in [3.63, 3.8) is 0 Å². The third-order valence-corrected chi connectivity index (χ3v) is 3.49. The van der Waals surface area contributed by atoms with E-state index in [0.717, 1.165) is 12.3 Å². The Morgan fingerprint density at radius 1 is 1.50 bits per heavy atom. The zero-order chi connectivity index (χ0) is 15.2. The average Bonchev–Trinajstić information content (AvgIpc) is 3.19. The van der Waals surface area contributed by atoms with Gasteiger partial charge < -0.3 is 14.5 Å². The first-order valence-corrected chi connectivity index (χ1v) is 7.25. The van der Waals surface area contributed by atoms with E-state index in [1.165, 1.54) is 6.33 Å². The van der Waals surface area contributed by atoms with Crippen LogP contribution in [0.15, 0.2) is 35.5 Å². The molecule has 0 aliphatic carbocycles. The summed E-state index contributed by atoms with van der Waals surface area (Å²) in [6, 6.07) is 3.64. The Kier molecular flexibility index (Phi) is 4.81. The monoisotopic (exact) mass is 305 g/mol. The fraction of sp³-hybridized carbons (Fsp3) is 0.500. The lowest BCUT2D eigenvalue weighted by atomic mass is 10.2. The molecule has 2 aromatic rings. The molecule has 8 nitrogen and oxygen atoms in total. The van der Waals surface area contributed by atoms with Crippen molar-refractivity contribution in [3.8, 4) is 0 Å². The Morgan fingerprint density at radius 3 is 3.23 bits per heavy atom. The van der Waals surface area contributed by atoms with Crippen LogP contribution in [0.5, 0.6) is 0 Å². The van der Waals surface area contributed by atoms with Crippen LogP contribution in [0.2, 0.25) is 0 Å². The van der Waals surface area contributed by atoms with Gasteiger partial charge in [0.25, 0.3) is 0 Å². The second-order valence-corrected chi connectivity index (χ2v) is 5.20. The number of amides is 1. The van der Waals surface area contributed by atoms with Gasteiger partial charge in [-0.05, 0) is 12.1 Å². The molecule has 1 saturated heterocycles. The van der Waals surface area contributed by atoms with Crippen LogP contribution in [-0.4, -0.2) is 57.9 Å². The van der Waals surface area contributed by atoms with Crippen LogP contribution in [0.3, 0.4) is 0 Å². The number of carbonyl (C=O) groups excluding carboxylic acids is 1. The molecule has 3 rings (SSSR count). The molecule has 3 heterocycles. The second-order valence-electron chi connectivity index (χ2n) is 5.20. The Hall–Kier alpha value is -2.19. The normalized spacial score (nSPS) is 19.2. The van der Waals surface area contributed by atoms with Crippen LogP contribution < -0.4 is 5.32 Å². The Bertz CT molecular complexity index is 569. The van der Waals surface area contributed by atoms with Gasteiger partial charge >= 0.3 is 0 Å². The standard InChI is InChI=1S/C14H19N5O3/c20-14(16-6-12-2-1-4-21-12)9-18-3-5-22-13(7-18)8-19-11-15-10-17-19/h1-2,4,10-11,13H,3,5-9H2,(H,16,20). The number of aromatic nitrogens is 3. The smallest absolute Gasteiger partial charge is 0.234 e. The van der Waals surface area contributed by atoms with Gasteiger partial charge in [-0.25, -0.2) is 4.98 Å². The molecule has 0 radical (unpaired) electrons. The Morgan fingerprint density at radius 2 is 2.45 bits per heavy atom. The SMILES string of the molecule is O=C(CN1CCOC(Cn2cncn2)C1)NCc1ccco1. The number of furan rings is 1. The van der Waals surface area contributed by atoms with Crippen molar-refractivity contribution < 1.29 is 13.9 Å². The quantitative estimate of drug-likeness (QED) is 0.801. The van der Waals surface area contributed by atoms with E-state index in [1.807, 2.05) is 6.07 Å². The van der Waals surface area contributed by atoms with Crippen LogP contribution in [0.25, 0.3) is 0 Å². The molecule has 1 aliphatic heterocycles. The van der Waals surface area contributed by atoms with Gasteiger partial charge in [-0.1, -0.05) is 0 Å². The molecule has 1 fully saturated rings. The van der Waals surface area contributed by atoms with E-state index in [9.17, 15) is 4.79 Å². The maximum atomic E-state index is 12.0. The van der Waals surface area contributed by atoms with E-state index < -0.39 is 0 Å². The first kappa shape index (κ1) is 14.7. The van der Waals surface area contributed by atoms with E-state index >= 15 is 0 Å². The lowest BCUT2D eigenvalue weighted by molar-refractivity contribution is -0.124. The number of hydrogen-bond acceptors (Lipinski definition) is 6. The number of ether oxygens (including phenoxy) is 1. The topological polar surface area (TPSA) is 85.4 Å². The zero-order valence-corrected chi connectivity index (χ0v) is 12.2. The van der Waals surface area contributed by atoms with Gasteiger partial charge in [0, 0.05) is 13.1 Å². The molecule has 1 unspecified atom stereocenters. The molecule has 1 aliphatic rings. The summed E-state index contributed by atoms with van der Waals surface area (Å²) >= 11 is 0. The van der Waals surface area contributed by atoms with Crippen LogP contribution in [0, 0.1) is 0 Å². The summed E-state index contributed by atoms with van der Waals surface area (Å²) in [5.41, 5.74) is 0. The van der Waals surface area contributed by atoms with Crippen LogP contribution in [0.4, 0.5) is 0 Å². The van der Waals surface area contributed by atoms with Crippen molar-refractivity contribution in [1.82, 2.24) is 25.0 Å². The van der Waals surface area contributed by atoms with E-state index in [4.69, 9.17) is 9.15 Å². The summed E-state index contributed by atoms with van der Waals surface area (Å²) in [7, 11) is 0. The molecule has 0 aromatic carbocycles. The first-order valence-electron chi connectivity index (χ1n) is 7.25. The summed E-state index contributed by atoms with van der Waals surface area (Å²) in [5.74, 6) is 0.734. The van der Waals surface area contributed by atoms with Gasteiger partial charge in [0.15, 0.2) is 0 Å². The van der Waals surface area contributed by atoms with Crippen LogP contribution in [-0.2, 0) is 22.6 Å².